The van der Waals surface area contributed by atoms with Crippen molar-refractivity contribution >= 4 is 16.9 Å². The number of nitrogens with one attached hydrogen (secondary N) is 1. The minimum atomic E-state index is 0.800. The van der Waals surface area contributed by atoms with E-state index in [0.717, 1.165) is 42.8 Å². The summed E-state index contributed by atoms with van der Waals surface area (Å²) in [6.45, 7) is 1.62. The minimum absolute atomic E-state index is 0.800. The van der Waals surface area contributed by atoms with Gasteiger partial charge in [0.2, 0.25) is 0 Å². The molecule has 0 aliphatic carbocycles. The third kappa shape index (κ3) is 3.72. The smallest absolute Gasteiger partial charge is 0.163 e. The summed E-state index contributed by atoms with van der Waals surface area (Å²) in [4.78, 5) is 8.82. The molecular weight excluding hydrogens is 322 g/mol. The van der Waals surface area contributed by atoms with Gasteiger partial charge in [-0.1, -0.05) is 60.7 Å². The summed E-state index contributed by atoms with van der Waals surface area (Å²) in [5, 5.41) is 8.90. The molecule has 0 fully saturated rings. The van der Waals surface area contributed by atoms with Crippen LogP contribution in [0.3, 0.4) is 0 Å². The van der Waals surface area contributed by atoms with E-state index in [1.54, 1.807) is 6.33 Å². The number of hydrogen-bond acceptors (Lipinski definition) is 4. The van der Waals surface area contributed by atoms with E-state index >= 15 is 0 Å². The van der Waals surface area contributed by atoms with E-state index < -0.39 is 0 Å². The van der Waals surface area contributed by atoms with E-state index in [1.807, 2.05) is 23.0 Å². The number of aryl methyl sites for hydroxylation is 2. The summed E-state index contributed by atoms with van der Waals surface area (Å²) in [6, 6.07) is 20.9. The second-order valence-corrected chi connectivity index (χ2v) is 6.23. The summed E-state index contributed by atoms with van der Waals surface area (Å²) in [7, 11) is 0. The van der Waals surface area contributed by atoms with Crippen molar-refractivity contribution in [3.63, 3.8) is 0 Å². The highest BCUT2D eigenvalue weighted by Gasteiger charge is 2.09. The molecule has 0 saturated carbocycles. The zero-order valence-corrected chi connectivity index (χ0v) is 14.5. The van der Waals surface area contributed by atoms with Gasteiger partial charge in [-0.2, -0.15) is 5.10 Å². The van der Waals surface area contributed by atoms with Gasteiger partial charge in [-0.15, -0.1) is 0 Å². The van der Waals surface area contributed by atoms with Gasteiger partial charge in [-0.3, -0.25) is 0 Å². The molecule has 0 atom stereocenters. The maximum absolute atomic E-state index is 4.51. The van der Waals surface area contributed by atoms with Crippen LogP contribution in [0.15, 0.2) is 73.2 Å². The minimum Gasteiger partial charge on any atom is -0.369 e. The Morgan fingerprint density at radius 2 is 1.50 bits per heavy atom. The Bertz CT molecular complexity index is 964. The van der Waals surface area contributed by atoms with Gasteiger partial charge in [-0.05, 0) is 24.0 Å². The molecule has 0 aliphatic rings. The lowest BCUT2D eigenvalue weighted by Crippen LogP contribution is -2.08. The number of fused-ring (bicyclic) bond motifs is 1. The quantitative estimate of drug-likeness (QED) is 0.556. The van der Waals surface area contributed by atoms with Crippen molar-refractivity contribution in [2.75, 3.05) is 11.9 Å². The Kier molecular flexibility index (Phi) is 4.87. The number of rotatable bonds is 7. The number of aromatic nitrogens is 4. The van der Waals surface area contributed by atoms with Crippen LogP contribution in [0.2, 0.25) is 0 Å². The summed E-state index contributed by atoms with van der Waals surface area (Å²) >= 11 is 0. The van der Waals surface area contributed by atoms with E-state index in [1.165, 1.54) is 11.1 Å². The number of anilines is 1. The maximum atomic E-state index is 4.51. The van der Waals surface area contributed by atoms with Crippen LogP contribution >= 0.6 is 0 Å². The molecule has 2 aromatic carbocycles. The SMILES string of the molecule is c1ccc(CCNc2ncnc3c2cnn3CCc2ccccc2)cc1. The lowest BCUT2D eigenvalue weighted by Gasteiger charge is -2.07. The summed E-state index contributed by atoms with van der Waals surface area (Å²) in [6.07, 6.45) is 5.34. The molecule has 4 rings (SSSR count). The van der Waals surface area contributed by atoms with Crippen LogP contribution in [-0.4, -0.2) is 26.3 Å². The monoisotopic (exact) mass is 343 g/mol. The van der Waals surface area contributed by atoms with Gasteiger partial charge in [-0.25, -0.2) is 14.6 Å². The lowest BCUT2D eigenvalue weighted by molar-refractivity contribution is 0.629. The van der Waals surface area contributed by atoms with Gasteiger partial charge in [0.25, 0.3) is 0 Å². The van der Waals surface area contributed by atoms with E-state index in [4.69, 9.17) is 0 Å². The van der Waals surface area contributed by atoms with Crippen LogP contribution in [-0.2, 0) is 19.4 Å². The first-order chi connectivity index (χ1) is 12.9. The van der Waals surface area contributed by atoms with Gasteiger partial charge >= 0.3 is 0 Å². The Balaban J connectivity index is 1.44. The molecule has 5 heteroatoms. The van der Waals surface area contributed by atoms with Crippen LogP contribution in [0, 0.1) is 0 Å². The van der Waals surface area contributed by atoms with Crippen molar-refractivity contribution in [3.05, 3.63) is 84.3 Å². The van der Waals surface area contributed by atoms with Crippen LogP contribution in [0.25, 0.3) is 11.0 Å². The normalized spacial score (nSPS) is 10.9. The van der Waals surface area contributed by atoms with Gasteiger partial charge in [0.05, 0.1) is 11.6 Å². The van der Waals surface area contributed by atoms with Crippen molar-refractivity contribution in [2.24, 2.45) is 0 Å². The average molecular weight is 343 g/mol. The molecule has 2 aromatic heterocycles. The fourth-order valence-corrected chi connectivity index (χ4v) is 3.05. The highest BCUT2D eigenvalue weighted by molar-refractivity contribution is 5.86. The van der Waals surface area contributed by atoms with Crippen LogP contribution < -0.4 is 5.32 Å². The second kappa shape index (κ2) is 7.78. The van der Waals surface area contributed by atoms with E-state index in [2.05, 4.69) is 68.9 Å². The van der Waals surface area contributed by atoms with Crippen molar-refractivity contribution in [2.45, 2.75) is 19.4 Å². The molecule has 0 amide bonds. The third-order valence-corrected chi connectivity index (χ3v) is 4.44. The molecule has 4 aromatic rings. The van der Waals surface area contributed by atoms with Crippen LogP contribution in [0.4, 0.5) is 5.82 Å². The van der Waals surface area contributed by atoms with E-state index in [0.29, 0.717) is 0 Å². The number of hydrogen-bond donors (Lipinski definition) is 1. The van der Waals surface area contributed by atoms with Gasteiger partial charge in [0.15, 0.2) is 5.65 Å². The van der Waals surface area contributed by atoms with Gasteiger partial charge in [0.1, 0.15) is 12.1 Å². The predicted molar refractivity (Wildman–Crippen MR) is 104 cm³/mol. The highest BCUT2D eigenvalue weighted by atomic mass is 15.3. The highest BCUT2D eigenvalue weighted by Crippen LogP contribution is 2.19. The average Bonchev–Trinajstić information content (AvgIpc) is 3.12. The molecule has 0 saturated heterocycles. The fraction of sp³-hybridized carbons (Fsp3) is 0.190. The molecule has 2 heterocycles. The first-order valence-corrected chi connectivity index (χ1v) is 8.88. The maximum Gasteiger partial charge on any atom is 0.163 e. The largest absolute Gasteiger partial charge is 0.369 e. The Morgan fingerprint density at radius 1 is 0.808 bits per heavy atom. The molecule has 0 unspecified atom stereocenters. The standard InChI is InChI=1S/C21H21N5/c1-3-7-17(8-4-1)11-13-22-20-19-15-25-26(21(19)24-16-23-20)14-12-18-9-5-2-6-10-18/h1-10,15-16H,11-14H2,(H,22,23,24). The lowest BCUT2D eigenvalue weighted by atomic mass is 10.1. The van der Waals surface area contributed by atoms with E-state index in [9.17, 15) is 0 Å². The first kappa shape index (κ1) is 16.3. The second-order valence-electron chi connectivity index (χ2n) is 6.23. The number of nitrogens with zero attached hydrogens (tertiary/aromatic N) is 4. The first-order valence-electron chi connectivity index (χ1n) is 8.88. The van der Waals surface area contributed by atoms with Crippen molar-refractivity contribution in [1.82, 2.24) is 19.7 Å². The Morgan fingerprint density at radius 3 is 2.23 bits per heavy atom. The zero-order valence-electron chi connectivity index (χ0n) is 14.5. The van der Waals surface area contributed by atoms with Crippen molar-refractivity contribution in [3.8, 4) is 0 Å². The topological polar surface area (TPSA) is 55.6 Å². The molecular formula is C21H21N5. The predicted octanol–water partition coefficient (Wildman–Crippen LogP) is 3.72. The fourth-order valence-electron chi connectivity index (χ4n) is 3.05. The summed E-state index contributed by atoms with van der Waals surface area (Å²) in [5.74, 6) is 0.844. The Hall–Kier alpha value is -3.21. The zero-order chi connectivity index (χ0) is 17.6. The third-order valence-electron chi connectivity index (χ3n) is 4.44. The molecule has 5 nitrogen and oxygen atoms in total. The number of benzene rings is 2. The summed E-state index contributed by atoms with van der Waals surface area (Å²) < 4.78 is 1.95. The summed E-state index contributed by atoms with van der Waals surface area (Å²) in [5.41, 5.74) is 3.48. The van der Waals surface area contributed by atoms with Crippen molar-refractivity contribution in [1.29, 1.82) is 0 Å². The van der Waals surface area contributed by atoms with Gasteiger partial charge in [0, 0.05) is 13.1 Å². The molecule has 0 radical (unpaired) electrons. The molecule has 0 bridgehead atoms. The molecule has 0 spiro atoms. The van der Waals surface area contributed by atoms with Gasteiger partial charge < -0.3 is 5.32 Å². The van der Waals surface area contributed by atoms with Crippen LogP contribution in [0.5, 0.6) is 0 Å². The van der Waals surface area contributed by atoms with E-state index in [-0.39, 0.29) is 0 Å². The molecule has 0 aliphatic heterocycles. The Labute approximate surface area is 152 Å². The molecule has 1 N–H and O–H groups in total. The van der Waals surface area contributed by atoms with Crippen LogP contribution in [0.1, 0.15) is 11.1 Å². The van der Waals surface area contributed by atoms with Crippen molar-refractivity contribution < 1.29 is 0 Å². The molecule has 26 heavy (non-hydrogen) atoms. The molecule has 130 valence electrons.